The zero-order valence-corrected chi connectivity index (χ0v) is 14.7. The van der Waals surface area contributed by atoms with Crippen molar-refractivity contribution in [1.82, 2.24) is 10.2 Å². The molecule has 2 rings (SSSR count). The van der Waals surface area contributed by atoms with Gasteiger partial charge < -0.3 is 5.32 Å². The molecule has 1 aromatic carbocycles. The number of hydrogen-bond donors (Lipinski definition) is 1. The fourth-order valence-corrected chi connectivity index (χ4v) is 3.58. The summed E-state index contributed by atoms with van der Waals surface area (Å²) < 4.78 is 0. The first-order chi connectivity index (χ1) is 9.79. The minimum Gasteiger partial charge on any atom is -0.311 e. The van der Waals surface area contributed by atoms with Crippen LogP contribution >= 0.6 is 0 Å². The average Bonchev–Trinajstić information content (AvgIpc) is 2.36. The van der Waals surface area contributed by atoms with Crippen LogP contribution in [0.4, 0.5) is 0 Å². The summed E-state index contributed by atoms with van der Waals surface area (Å²) in [5, 5.41) is 3.72. The van der Waals surface area contributed by atoms with Crippen molar-refractivity contribution >= 4 is 0 Å². The summed E-state index contributed by atoms with van der Waals surface area (Å²) in [5.41, 5.74) is 4.52. The van der Waals surface area contributed by atoms with E-state index < -0.39 is 0 Å². The van der Waals surface area contributed by atoms with Crippen molar-refractivity contribution in [2.45, 2.75) is 66.6 Å². The van der Waals surface area contributed by atoms with Gasteiger partial charge in [-0.15, -0.1) is 0 Å². The normalized spacial score (nSPS) is 24.3. The second-order valence-corrected chi connectivity index (χ2v) is 7.82. The topological polar surface area (TPSA) is 15.3 Å². The van der Waals surface area contributed by atoms with E-state index in [0.29, 0.717) is 17.5 Å². The largest absolute Gasteiger partial charge is 0.311 e. The zero-order chi connectivity index (χ0) is 15.6. The fourth-order valence-electron chi connectivity index (χ4n) is 3.58. The Labute approximate surface area is 130 Å². The van der Waals surface area contributed by atoms with Crippen LogP contribution in [0, 0.1) is 19.3 Å². The predicted octanol–water partition coefficient (Wildman–Crippen LogP) is 3.90. The molecule has 0 aromatic heterocycles. The van der Waals surface area contributed by atoms with Gasteiger partial charge in [0.05, 0.1) is 0 Å². The molecule has 0 spiro atoms. The van der Waals surface area contributed by atoms with Gasteiger partial charge in [-0.1, -0.05) is 57.0 Å². The Bertz CT molecular complexity index is 453. The van der Waals surface area contributed by atoms with E-state index in [4.69, 9.17) is 0 Å². The molecule has 1 fully saturated rings. The van der Waals surface area contributed by atoms with E-state index in [-0.39, 0.29) is 0 Å². The van der Waals surface area contributed by atoms with E-state index in [2.05, 4.69) is 70.0 Å². The van der Waals surface area contributed by atoms with Gasteiger partial charge in [0.15, 0.2) is 0 Å². The van der Waals surface area contributed by atoms with Crippen molar-refractivity contribution in [3.05, 3.63) is 34.9 Å². The van der Waals surface area contributed by atoms with Gasteiger partial charge in [0.2, 0.25) is 0 Å². The molecule has 21 heavy (non-hydrogen) atoms. The highest BCUT2D eigenvalue weighted by Crippen LogP contribution is 2.28. The number of nitrogens with one attached hydrogen (secondary N) is 1. The van der Waals surface area contributed by atoms with Gasteiger partial charge in [0, 0.05) is 31.7 Å². The average molecular weight is 288 g/mol. The Balaban J connectivity index is 2.19. The molecule has 1 N–H and O–H groups in total. The number of hydrogen-bond acceptors (Lipinski definition) is 2. The van der Waals surface area contributed by atoms with Crippen LogP contribution in [-0.2, 0) is 6.54 Å². The van der Waals surface area contributed by atoms with Crippen LogP contribution in [0.3, 0.4) is 0 Å². The van der Waals surface area contributed by atoms with Crippen LogP contribution < -0.4 is 5.32 Å². The lowest BCUT2D eigenvalue weighted by molar-refractivity contribution is 0.0485. The van der Waals surface area contributed by atoms with Gasteiger partial charge in [-0.2, -0.15) is 0 Å². The predicted molar refractivity (Wildman–Crippen MR) is 91.7 cm³/mol. The number of rotatable bonds is 3. The summed E-state index contributed by atoms with van der Waals surface area (Å²) in [4.78, 5) is 2.69. The van der Waals surface area contributed by atoms with Gasteiger partial charge >= 0.3 is 0 Å². The third kappa shape index (κ3) is 4.31. The van der Waals surface area contributed by atoms with E-state index in [9.17, 15) is 0 Å². The molecule has 2 heteroatoms. The standard InChI is InChI=1S/C19H32N2/c1-7-17-13-21(18(11-20-17)19(4,5)6)12-16-9-14(2)8-15(3)10-16/h8-10,17-18,20H,7,11-13H2,1-6H3. The number of benzene rings is 1. The second-order valence-electron chi connectivity index (χ2n) is 7.82. The molecule has 118 valence electrons. The van der Waals surface area contributed by atoms with E-state index >= 15 is 0 Å². The molecule has 2 atom stereocenters. The summed E-state index contributed by atoms with van der Waals surface area (Å²) in [6, 6.07) is 8.18. The molecule has 1 aliphatic rings. The maximum Gasteiger partial charge on any atom is 0.0273 e. The maximum absolute atomic E-state index is 3.72. The number of nitrogens with zero attached hydrogens (tertiary/aromatic N) is 1. The first kappa shape index (κ1) is 16.5. The highest BCUT2D eigenvalue weighted by atomic mass is 15.2. The molecule has 1 saturated heterocycles. The summed E-state index contributed by atoms with van der Waals surface area (Å²) in [6.07, 6.45) is 1.21. The molecule has 0 radical (unpaired) electrons. The molecular weight excluding hydrogens is 256 g/mol. The Morgan fingerprint density at radius 1 is 1.14 bits per heavy atom. The molecule has 2 unspecified atom stereocenters. The lowest BCUT2D eigenvalue weighted by atomic mass is 9.83. The fraction of sp³-hybridized carbons (Fsp3) is 0.684. The lowest BCUT2D eigenvalue weighted by Crippen LogP contribution is -2.59. The van der Waals surface area contributed by atoms with Crippen molar-refractivity contribution in [2.24, 2.45) is 5.41 Å². The zero-order valence-electron chi connectivity index (χ0n) is 14.7. The van der Waals surface area contributed by atoms with Gasteiger partial charge in [0.1, 0.15) is 0 Å². The second kappa shape index (κ2) is 6.50. The van der Waals surface area contributed by atoms with Crippen LogP contribution in [0.25, 0.3) is 0 Å². The lowest BCUT2D eigenvalue weighted by Gasteiger charge is -2.46. The Hall–Kier alpha value is -0.860. The molecule has 0 aliphatic carbocycles. The van der Waals surface area contributed by atoms with Crippen molar-refractivity contribution < 1.29 is 0 Å². The first-order valence-corrected chi connectivity index (χ1v) is 8.34. The van der Waals surface area contributed by atoms with Crippen molar-refractivity contribution in [2.75, 3.05) is 13.1 Å². The molecular formula is C19H32N2. The Morgan fingerprint density at radius 2 is 1.76 bits per heavy atom. The van der Waals surface area contributed by atoms with E-state index in [1.54, 1.807) is 0 Å². The summed E-state index contributed by atoms with van der Waals surface area (Å²) in [5.74, 6) is 0. The van der Waals surface area contributed by atoms with Crippen molar-refractivity contribution in [3.63, 3.8) is 0 Å². The van der Waals surface area contributed by atoms with Crippen LogP contribution in [0.2, 0.25) is 0 Å². The van der Waals surface area contributed by atoms with E-state index in [0.717, 1.165) is 19.6 Å². The SMILES string of the molecule is CCC1CN(Cc2cc(C)cc(C)c2)C(C(C)(C)C)CN1. The Morgan fingerprint density at radius 3 is 2.29 bits per heavy atom. The van der Waals surface area contributed by atoms with Gasteiger partial charge in [0.25, 0.3) is 0 Å². The third-order valence-corrected chi connectivity index (χ3v) is 4.66. The summed E-state index contributed by atoms with van der Waals surface area (Å²) >= 11 is 0. The number of piperazine rings is 1. The van der Waals surface area contributed by atoms with Crippen molar-refractivity contribution in [3.8, 4) is 0 Å². The van der Waals surface area contributed by atoms with Crippen molar-refractivity contribution in [1.29, 1.82) is 0 Å². The monoisotopic (exact) mass is 288 g/mol. The maximum atomic E-state index is 3.72. The molecule has 1 heterocycles. The molecule has 1 aliphatic heterocycles. The quantitative estimate of drug-likeness (QED) is 0.907. The van der Waals surface area contributed by atoms with Crippen LogP contribution in [0.5, 0.6) is 0 Å². The smallest absolute Gasteiger partial charge is 0.0273 e. The third-order valence-electron chi connectivity index (χ3n) is 4.66. The minimum atomic E-state index is 0.310. The van der Waals surface area contributed by atoms with Gasteiger partial charge in [-0.05, 0) is 31.2 Å². The Kier molecular flexibility index (Phi) is 5.11. The first-order valence-electron chi connectivity index (χ1n) is 8.34. The van der Waals surface area contributed by atoms with Crippen LogP contribution in [-0.4, -0.2) is 30.1 Å². The molecule has 0 saturated carbocycles. The van der Waals surface area contributed by atoms with Crippen LogP contribution in [0.15, 0.2) is 18.2 Å². The molecule has 2 nitrogen and oxygen atoms in total. The minimum absolute atomic E-state index is 0.310. The highest BCUT2D eigenvalue weighted by Gasteiger charge is 2.34. The molecule has 0 amide bonds. The number of aryl methyl sites for hydroxylation is 2. The van der Waals surface area contributed by atoms with Gasteiger partial charge in [-0.3, -0.25) is 4.90 Å². The van der Waals surface area contributed by atoms with E-state index in [1.165, 1.54) is 23.1 Å². The molecule has 1 aromatic rings. The van der Waals surface area contributed by atoms with Gasteiger partial charge in [-0.25, -0.2) is 0 Å². The highest BCUT2D eigenvalue weighted by molar-refractivity contribution is 5.28. The summed E-state index contributed by atoms with van der Waals surface area (Å²) in [7, 11) is 0. The van der Waals surface area contributed by atoms with Crippen LogP contribution in [0.1, 0.15) is 50.8 Å². The molecule has 0 bridgehead atoms. The summed E-state index contributed by atoms with van der Waals surface area (Å²) in [6.45, 7) is 17.1. The van der Waals surface area contributed by atoms with E-state index in [1.807, 2.05) is 0 Å².